The van der Waals surface area contributed by atoms with Crippen LogP contribution >= 0.6 is 0 Å². The minimum Gasteiger partial charge on any atom is -0.396 e. The topological polar surface area (TPSA) is 52.6 Å². The monoisotopic (exact) mass is 284 g/mol. The first kappa shape index (κ1) is 17.4. The fraction of sp³-hybridized carbons (Fsp3) is 0.938. The van der Waals surface area contributed by atoms with E-state index < -0.39 is 0 Å². The Balaban J connectivity index is 2.25. The zero-order chi connectivity index (χ0) is 14.8. The summed E-state index contributed by atoms with van der Waals surface area (Å²) in [6.45, 7) is 5.82. The van der Waals surface area contributed by atoms with Crippen molar-refractivity contribution in [2.24, 2.45) is 0 Å². The SMILES string of the molecule is CCCCCC(C)NC(=O)CN(CCCO)C1CCC1. The molecule has 1 saturated carbocycles. The number of unbranched alkanes of at least 4 members (excludes halogenated alkanes) is 2. The zero-order valence-electron chi connectivity index (χ0n) is 13.2. The van der Waals surface area contributed by atoms with Crippen LogP contribution in [0.1, 0.15) is 65.2 Å². The quantitative estimate of drug-likeness (QED) is 0.572. The number of rotatable bonds is 11. The van der Waals surface area contributed by atoms with E-state index >= 15 is 0 Å². The average molecular weight is 284 g/mol. The van der Waals surface area contributed by atoms with Crippen LogP contribution in [0.3, 0.4) is 0 Å². The summed E-state index contributed by atoms with van der Waals surface area (Å²) in [5.74, 6) is 0.138. The third-order valence-electron chi connectivity index (χ3n) is 4.19. The van der Waals surface area contributed by atoms with Crippen molar-refractivity contribution in [1.82, 2.24) is 10.2 Å². The maximum Gasteiger partial charge on any atom is 0.234 e. The Bertz CT molecular complexity index is 267. The minimum absolute atomic E-state index is 0.138. The van der Waals surface area contributed by atoms with Crippen LogP contribution in [0.4, 0.5) is 0 Å². The summed E-state index contributed by atoms with van der Waals surface area (Å²) in [6, 6.07) is 0.831. The van der Waals surface area contributed by atoms with Gasteiger partial charge < -0.3 is 10.4 Å². The van der Waals surface area contributed by atoms with Crippen LogP contribution in [0.5, 0.6) is 0 Å². The van der Waals surface area contributed by atoms with E-state index in [1.165, 1.54) is 38.5 Å². The molecule has 0 heterocycles. The first-order valence-electron chi connectivity index (χ1n) is 8.31. The van der Waals surface area contributed by atoms with E-state index in [1.54, 1.807) is 0 Å². The van der Waals surface area contributed by atoms with Crippen molar-refractivity contribution in [3.05, 3.63) is 0 Å². The molecule has 118 valence electrons. The van der Waals surface area contributed by atoms with Crippen molar-refractivity contribution in [2.45, 2.75) is 77.3 Å². The molecule has 1 unspecified atom stereocenters. The highest BCUT2D eigenvalue weighted by Crippen LogP contribution is 2.24. The van der Waals surface area contributed by atoms with Crippen molar-refractivity contribution in [2.75, 3.05) is 19.7 Å². The number of nitrogens with zero attached hydrogens (tertiary/aromatic N) is 1. The molecule has 0 spiro atoms. The molecule has 4 heteroatoms. The number of hydrogen-bond donors (Lipinski definition) is 2. The van der Waals surface area contributed by atoms with Crippen molar-refractivity contribution >= 4 is 5.91 Å². The molecule has 0 saturated heterocycles. The number of nitrogens with one attached hydrogen (secondary N) is 1. The average Bonchev–Trinajstić information content (AvgIpc) is 2.33. The molecular weight excluding hydrogens is 252 g/mol. The van der Waals surface area contributed by atoms with E-state index in [0.717, 1.165) is 19.4 Å². The molecular formula is C16H32N2O2. The lowest BCUT2D eigenvalue weighted by Crippen LogP contribution is -2.47. The Labute approximate surface area is 123 Å². The lowest BCUT2D eigenvalue weighted by atomic mass is 9.91. The number of aliphatic hydroxyl groups is 1. The Kier molecular flexibility index (Phi) is 8.86. The second-order valence-electron chi connectivity index (χ2n) is 6.10. The van der Waals surface area contributed by atoms with Gasteiger partial charge in [0.15, 0.2) is 0 Å². The number of aliphatic hydroxyl groups excluding tert-OH is 1. The second kappa shape index (κ2) is 10.2. The maximum atomic E-state index is 12.1. The lowest BCUT2D eigenvalue weighted by molar-refractivity contribution is -0.124. The van der Waals surface area contributed by atoms with Crippen molar-refractivity contribution < 1.29 is 9.90 Å². The van der Waals surface area contributed by atoms with Gasteiger partial charge in [-0.15, -0.1) is 0 Å². The van der Waals surface area contributed by atoms with Gasteiger partial charge in [0.25, 0.3) is 0 Å². The molecule has 0 radical (unpaired) electrons. The Morgan fingerprint density at radius 2 is 2.10 bits per heavy atom. The van der Waals surface area contributed by atoms with Gasteiger partial charge in [-0.2, -0.15) is 0 Å². The highest BCUT2D eigenvalue weighted by Gasteiger charge is 2.26. The van der Waals surface area contributed by atoms with Crippen LogP contribution in [0.25, 0.3) is 0 Å². The van der Waals surface area contributed by atoms with Crippen LogP contribution in [-0.4, -0.2) is 47.7 Å². The summed E-state index contributed by atoms with van der Waals surface area (Å²) in [5, 5.41) is 12.1. The summed E-state index contributed by atoms with van der Waals surface area (Å²) in [7, 11) is 0. The highest BCUT2D eigenvalue weighted by molar-refractivity contribution is 5.78. The van der Waals surface area contributed by atoms with E-state index in [1.807, 2.05) is 0 Å². The number of carbonyl (C=O) groups is 1. The van der Waals surface area contributed by atoms with E-state index in [9.17, 15) is 4.79 Å². The Hall–Kier alpha value is -0.610. The molecule has 1 aliphatic carbocycles. The molecule has 0 aliphatic heterocycles. The molecule has 1 aliphatic rings. The van der Waals surface area contributed by atoms with Gasteiger partial charge in [0.05, 0.1) is 6.54 Å². The summed E-state index contributed by atoms with van der Waals surface area (Å²) in [4.78, 5) is 14.3. The fourth-order valence-electron chi connectivity index (χ4n) is 2.69. The summed E-state index contributed by atoms with van der Waals surface area (Å²) < 4.78 is 0. The lowest BCUT2D eigenvalue weighted by Gasteiger charge is -2.37. The fourth-order valence-corrected chi connectivity index (χ4v) is 2.69. The van der Waals surface area contributed by atoms with Gasteiger partial charge in [-0.3, -0.25) is 9.69 Å². The standard InChI is InChI=1S/C16H32N2O2/c1-3-4-5-8-14(2)17-16(20)13-18(11-7-12-19)15-9-6-10-15/h14-15,19H,3-13H2,1-2H3,(H,17,20). The van der Waals surface area contributed by atoms with Gasteiger partial charge in [0, 0.05) is 25.2 Å². The second-order valence-corrected chi connectivity index (χ2v) is 6.10. The van der Waals surface area contributed by atoms with E-state index in [2.05, 4.69) is 24.1 Å². The maximum absolute atomic E-state index is 12.1. The zero-order valence-corrected chi connectivity index (χ0v) is 13.2. The molecule has 1 amide bonds. The van der Waals surface area contributed by atoms with Gasteiger partial charge in [-0.25, -0.2) is 0 Å². The van der Waals surface area contributed by atoms with Crippen molar-refractivity contribution in [3.8, 4) is 0 Å². The molecule has 0 aromatic rings. The van der Waals surface area contributed by atoms with E-state index in [0.29, 0.717) is 12.6 Å². The largest absolute Gasteiger partial charge is 0.396 e. The summed E-state index contributed by atoms with van der Waals surface area (Å²) >= 11 is 0. The van der Waals surface area contributed by atoms with Crippen molar-refractivity contribution in [3.63, 3.8) is 0 Å². The smallest absolute Gasteiger partial charge is 0.234 e. The third kappa shape index (κ3) is 6.71. The molecule has 0 bridgehead atoms. The first-order chi connectivity index (χ1) is 9.67. The third-order valence-corrected chi connectivity index (χ3v) is 4.19. The van der Waals surface area contributed by atoms with Crippen LogP contribution in [-0.2, 0) is 4.79 Å². The van der Waals surface area contributed by atoms with Crippen LogP contribution < -0.4 is 5.32 Å². The van der Waals surface area contributed by atoms with Gasteiger partial charge in [0.1, 0.15) is 0 Å². The van der Waals surface area contributed by atoms with Crippen LogP contribution in [0, 0.1) is 0 Å². The minimum atomic E-state index is 0.138. The normalized spacial score (nSPS) is 17.0. The van der Waals surface area contributed by atoms with Crippen LogP contribution in [0.2, 0.25) is 0 Å². The van der Waals surface area contributed by atoms with Crippen molar-refractivity contribution in [1.29, 1.82) is 0 Å². The highest BCUT2D eigenvalue weighted by atomic mass is 16.3. The predicted octanol–water partition coefficient (Wildman–Crippen LogP) is 2.31. The van der Waals surface area contributed by atoms with E-state index in [4.69, 9.17) is 5.11 Å². The van der Waals surface area contributed by atoms with Gasteiger partial charge >= 0.3 is 0 Å². The van der Waals surface area contributed by atoms with Gasteiger partial charge in [0.2, 0.25) is 5.91 Å². The summed E-state index contributed by atoms with van der Waals surface area (Å²) in [5.41, 5.74) is 0. The Morgan fingerprint density at radius 3 is 2.65 bits per heavy atom. The molecule has 1 rings (SSSR count). The molecule has 1 fully saturated rings. The van der Waals surface area contributed by atoms with Gasteiger partial charge in [-0.05, 0) is 32.6 Å². The number of carbonyl (C=O) groups excluding carboxylic acids is 1. The molecule has 1 atom stereocenters. The molecule has 2 N–H and O–H groups in total. The molecule has 0 aromatic heterocycles. The summed E-state index contributed by atoms with van der Waals surface area (Å²) in [6.07, 6.45) is 9.15. The molecule has 20 heavy (non-hydrogen) atoms. The molecule has 4 nitrogen and oxygen atoms in total. The number of hydrogen-bond acceptors (Lipinski definition) is 3. The number of amides is 1. The predicted molar refractivity (Wildman–Crippen MR) is 82.7 cm³/mol. The first-order valence-corrected chi connectivity index (χ1v) is 8.31. The van der Waals surface area contributed by atoms with Crippen LogP contribution in [0.15, 0.2) is 0 Å². The Morgan fingerprint density at radius 1 is 1.35 bits per heavy atom. The van der Waals surface area contributed by atoms with Gasteiger partial charge in [-0.1, -0.05) is 32.6 Å². The molecule has 0 aromatic carbocycles. The van der Waals surface area contributed by atoms with E-state index in [-0.39, 0.29) is 18.6 Å².